The Morgan fingerprint density at radius 1 is 0.880 bits per heavy atom. The lowest BCUT2D eigenvalue weighted by Crippen LogP contribution is -2.66. The highest BCUT2D eigenvalue weighted by molar-refractivity contribution is 5.68. The molecule has 11 heteroatoms. The minimum atomic E-state index is -3.17. The molecule has 0 spiro atoms. The van der Waals surface area contributed by atoms with Crippen LogP contribution >= 0.6 is 0 Å². The summed E-state index contributed by atoms with van der Waals surface area (Å²) in [6.07, 6.45) is -8.40. The van der Waals surface area contributed by atoms with E-state index < -0.39 is 61.0 Å². The van der Waals surface area contributed by atoms with Crippen molar-refractivity contribution in [2.45, 2.75) is 58.2 Å². The topological polar surface area (TPSA) is 114 Å². The molecule has 0 aromatic rings. The Bertz CT molecular complexity index is 552. The largest absolute Gasteiger partial charge is 0.460 e. The molecule has 1 fully saturated rings. The highest BCUT2D eigenvalue weighted by atomic mass is 19.2. The first kappa shape index (κ1) is 20.7. The van der Waals surface area contributed by atoms with Crippen molar-refractivity contribution in [1.82, 2.24) is 0 Å². The standard InChI is InChI=1S/C14H18F2O9/c1-6(17)21-5-14(16)12(24-9(4)20)10(22-7(2)18)11(13(15)25-14)23-8(3)19/h10-13H,5H2,1-4H3/t10-,11-,12+,13-,14-/m1/s1. The maximum atomic E-state index is 15.1. The lowest BCUT2D eigenvalue weighted by molar-refractivity contribution is -0.352. The summed E-state index contributed by atoms with van der Waals surface area (Å²) in [7, 11) is 0. The lowest BCUT2D eigenvalue weighted by atomic mass is 9.96. The smallest absolute Gasteiger partial charge is 0.303 e. The Balaban J connectivity index is 3.26. The first-order valence-corrected chi connectivity index (χ1v) is 7.12. The van der Waals surface area contributed by atoms with Gasteiger partial charge in [-0.15, -0.1) is 0 Å². The van der Waals surface area contributed by atoms with Crippen LogP contribution in [0.2, 0.25) is 0 Å². The first-order valence-electron chi connectivity index (χ1n) is 7.12. The van der Waals surface area contributed by atoms with Gasteiger partial charge in [-0.05, 0) is 0 Å². The van der Waals surface area contributed by atoms with Crippen LogP contribution in [-0.2, 0) is 42.9 Å². The van der Waals surface area contributed by atoms with Crippen molar-refractivity contribution in [2.24, 2.45) is 0 Å². The summed E-state index contributed by atoms with van der Waals surface area (Å²) >= 11 is 0. The van der Waals surface area contributed by atoms with Gasteiger partial charge in [-0.3, -0.25) is 19.2 Å². The van der Waals surface area contributed by atoms with Crippen LogP contribution in [0.1, 0.15) is 27.7 Å². The fraction of sp³-hybridized carbons (Fsp3) is 0.714. The van der Waals surface area contributed by atoms with Crippen molar-refractivity contribution in [2.75, 3.05) is 6.61 Å². The van der Waals surface area contributed by atoms with Crippen LogP contribution in [0.4, 0.5) is 8.78 Å². The van der Waals surface area contributed by atoms with Gasteiger partial charge in [-0.25, -0.2) is 8.78 Å². The fourth-order valence-electron chi connectivity index (χ4n) is 2.17. The monoisotopic (exact) mass is 368 g/mol. The number of esters is 4. The zero-order valence-corrected chi connectivity index (χ0v) is 13.9. The molecule has 0 saturated carbocycles. The first-order chi connectivity index (χ1) is 11.5. The van der Waals surface area contributed by atoms with E-state index in [-0.39, 0.29) is 0 Å². The number of hydrogen-bond acceptors (Lipinski definition) is 9. The van der Waals surface area contributed by atoms with Gasteiger partial charge in [0.2, 0.25) is 12.5 Å². The molecule has 142 valence electrons. The van der Waals surface area contributed by atoms with Gasteiger partial charge in [-0.2, -0.15) is 0 Å². The Kier molecular flexibility index (Phi) is 6.79. The zero-order chi connectivity index (χ0) is 19.4. The third-order valence-corrected chi connectivity index (χ3v) is 2.98. The average Bonchev–Trinajstić information content (AvgIpc) is 2.44. The maximum absolute atomic E-state index is 15.1. The SMILES string of the molecule is CC(=O)OC[C@@]1(F)O[C@@H](F)[C@H](OC(C)=O)[C@@H](OC(C)=O)[C@@H]1OC(C)=O. The zero-order valence-electron chi connectivity index (χ0n) is 13.9. The second kappa shape index (κ2) is 8.19. The van der Waals surface area contributed by atoms with Crippen LogP contribution < -0.4 is 0 Å². The number of hydrogen-bond donors (Lipinski definition) is 0. The van der Waals surface area contributed by atoms with E-state index in [4.69, 9.17) is 9.47 Å². The normalized spacial score (nSPS) is 31.6. The molecule has 0 amide bonds. The van der Waals surface area contributed by atoms with E-state index in [1.54, 1.807) is 0 Å². The van der Waals surface area contributed by atoms with Crippen molar-refractivity contribution >= 4 is 23.9 Å². The number of carbonyl (C=O) groups is 4. The molecule has 1 aliphatic rings. The molecule has 1 rings (SSSR count). The molecule has 0 radical (unpaired) electrons. The molecule has 5 atom stereocenters. The molecule has 9 nitrogen and oxygen atoms in total. The third-order valence-electron chi connectivity index (χ3n) is 2.98. The van der Waals surface area contributed by atoms with Crippen LogP contribution in [0.3, 0.4) is 0 Å². The van der Waals surface area contributed by atoms with Gasteiger partial charge in [0.15, 0.2) is 18.8 Å². The van der Waals surface area contributed by atoms with E-state index in [1.807, 2.05) is 0 Å². The Hall–Kier alpha value is -2.30. The van der Waals surface area contributed by atoms with Crippen LogP contribution in [0.25, 0.3) is 0 Å². The van der Waals surface area contributed by atoms with Gasteiger partial charge >= 0.3 is 23.9 Å². The fourth-order valence-corrected chi connectivity index (χ4v) is 2.17. The molecule has 1 aliphatic heterocycles. The van der Waals surface area contributed by atoms with Crippen LogP contribution in [0, 0.1) is 0 Å². The molecule has 0 N–H and O–H groups in total. The van der Waals surface area contributed by atoms with Crippen molar-refractivity contribution in [1.29, 1.82) is 0 Å². The number of halogens is 2. The third kappa shape index (κ3) is 5.62. The van der Waals surface area contributed by atoms with Crippen LogP contribution in [-0.4, -0.2) is 61.0 Å². The summed E-state index contributed by atoms with van der Waals surface area (Å²) in [6, 6.07) is 0. The summed E-state index contributed by atoms with van der Waals surface area (Å²) in [5.74, 6) is -7.06. The number of alkyl halides is 2. The maximum Gasteiger partial charge on any atom is 0.303 e. The van der Waals surface area contributed by atoms with Gasteiger partial charge in [0.25, 0.3) is 5.85 Å². The highest BCUT2D eigenvalue weighted by Gasteiger charge is 2.61. The van der Waals surface area contributed by atoms with Crippen molar-refractivity contribution < 1.29 is 51.6 Å². The molecule has 0 aromatic carbocycles. The highest BCUT2D eigenvalue weighted by Crippen LogP contribution is 2.37. The lowest BCUT2D eigenvalue weighted by Gasteiger charge is -2.44. The minimum Gasteiger partial charge on any atom is -0.460 e. The van der Waals surface area contributed by atoms with Gasteiger partial charge in [0.05, 0.1) is 0 Å². The molecule has 1 saturated heterocycles. The number of ether oxygens (including phenoxy) is 5. The molecular weight excluding hydrogens is 350 g/mol. The molecule has 0 unspecified atom stereocenters. The Morgan fingerprint density at radius 3 is 1.80 bits per heavy atom. The van der Waals surface area contributed by atoms with Crippen molar-refractivity contribution in [3.05, 3.63) is 0 Å². The van der Waals surface area contributed by atoms with Gasteiger partial charge < -0.3 is 23.7 Å². The number of rotatable bonds is 5. The van der Waals surface area contributed by atoms with Crippen LogP contribution in [0.5, 0.6) is 0 Å². The van der Waals surface area contributed by atoms with E-state index in [0.717, 1.165) is 27.7 Å². The summed E-state index contributed by atoms with van der Waals surface area (Å²) in [6.45, 7) is 2.61. The summed E-state index contributed by atoms with van der Waals surface area (Å²) < 4.78 is 52.5. The summed E-state index contributed by atoms with van der Waals surface area (Å²) in [5.41, 5.74) is 0. The second-order valence-electron chi connectivity index (χ2n) is 5.21. The molecule has 0 aromatic heterocycles. The van der Waals surface area contributed by atoms with Gasteiger partial charge in [0.1, 0.15) is 0 Å². The van der Waals surface area contributed by atoms with Gasteiger partial charge in [0, 0.05) is 27.7 Å². The van der Waals surface area contributed by atoms with E-state index in [9.17, 15) is 23.6 Å². The Labute approximate surface area is 141 Å². The van der Waals surface area contributed by atoms with E-state index >= 15 is 4.39 Å². The molecule has 25 heavy (non-hydrogen) atoms. The molecular formula is C14H18F2O9. The van der Waals surface area contributed by atoms with Crippen molar-refractivity contribution in [3.8, 4) is 0 Å². The van der Waals surface area contributed by atoms with Crippen molar-refractivity contribution in [3.63, 3.8) is 0 Å². The summed E-state index contributed by atoms with van der Waals surface area (Å²) in [4.78, 5) is 44.6. The predicted octanol–water partition coefficient (Wildman–Crippen LogP) is 0.336. The average molecular weight is 368 g/mol. The molecule has 0 bridgehead atoms. The Morgan fingerprint density at radius 2 is 1.36 bits per heavy atom. The number of carbonyl (C=O) groups excluding carboxylic acids is 4. The minimum absolute atomic E-state index is 0.913. The van der Waals surface area contributed by atoms with Crippen LogP contribution in [0.15, 0.2) is 0 Å². The van der Waals surface area contributed by atoms with E-state index in [2.05, 4.69) is 14.2 Å². The predicted molar refractivity (Wildman–Crippen MR) is 73.1 cm³/mol. The van der Waals surface area contributed by atoms with Gasteiger partial charge in [-0.1, -0.05) is 0 Å². The quantitative estimate of drug-likeness (QED) is 0.500. The summed E-state index contributed by atoms with van der Waals surface area (Å²) in [5, 5.41) is 0. The van der Waals surface area contributed by atoms with E-state index in [1.165, 1.54) is 0 Å². The molecule has 1 heterocycles. The van der Waals surface area contributed by atoms with E-state index in [0.29, 0.717) is 0 Å². The second-order valence-corrected chi connectivity index (χ2v) is 5.21. The molecule has 0 aliphatic carbocycles.